The van der Waals surface area contributed by atoms with E-state index >= 15 is 0 Å². The third kappa shape index (κ3) is 5.33. The Bertz CT molecular complexity index is 710. The molecule has 0 bridgehead atoms. The number of carbonyl (C=O) groups excluding carboxylic acids is 1. The molecule has 0 unspecified atom stereocenters. The minimum atomic E-state index is -4.74. The second-order valence-electron chi connectivity index (χ2n) is 5.39. The van der Waals surface area contributed by atoms with Crippen LogP contribution in [0.4, 0.5) is 19.0 Å². The topological polar surface area (TPSA) is 80.2 Å². The fourth-order valence-electron chi connectivity index (χ4n) is 2.20. The number of nitrogens with one attached hydrogen (secondary N) is 3. The van der Waals surface area contributed by atoms with E-state index in [2.05, 4.69) is 25.8 Å². The average Bonchev–Trinajstić information content (AvgIpc) is 2.79. The Balaban J connectivity index is 0.000000316. The molecular weight excluding hydrogens is 339 g/mol. The van der Waals surface area contributed by atoms with E-state index in [0.717, 1.165) is 19.1 Å². The van der Waals surface area contributed by atoms with Gasteiger partial charge in [-0.3, -0.25) is 4.68 Å². The normalized spacial score (nSPS) is 14.4. The lowest BCUT2D eigenvalue weighted by Crippen LogP contribution is -2.54. The number of anilines is 1. The number of aromatic nitrogens is 2. The summed E-state index contributed by atoms with van der Waals surface area (Å²) in [6.45, 7) is 2.32. The molecule has 0 amide bonds. The number of benzene rings is 1. The van der Waals surface area contributed by atoms with Crippen LogP contribution >= 0.6 is 0 Å². The molecule has 0 atom stereocenters. The number of nitrogens with zero attached hydrogens (tertiary/aromatic N) is 2. The zero-order valence-corrected chi connectivity index (χ0v) is 13.9. The SMILES string of the molecule is CNC1CNC1.Cn1nc(NCC=O)c2cc(OC(F)(F)F)ccc21. The molecule has 2 aromatic rings. The summed E-state index contributed by atoms with van der Waals surface area (Å²) in [6.07, 6.45) is -4.11. The fourth-order valence-corrected chi connectivity index (χ4v) is 2.20. The summed E-state index contributed by atoms with van der Waals surface area (Å²) >= 11 is 0. The molecule has 1 saturated heterocycles. The molecule has 0 radical (unpaired) electrons. The van der Waals surface area contributed by atoms with Gasteiger partial charge in [0.2, 0.25) is 0 Å². The Labute approximate surface area is 142 Å². The van der Waals surface area contributed by atoms with E-state index in [1.165, 1.54) is 22.9 Å². The minimum absolute atomic E-state index is 0.0243. The van der Waals surface area contributed by atoms with Crippen molar-refractivity contribution in [2.45, 2.75) is 12.4 Å². The van der Waals surface area contributed by atoms with Gasteiger partial charge in [-0.1, -0.05) is 0 Å². The van der Waals surface area contributed by atoms with E-state index in [0.29, 0.717) is 23.0 Å². The van der Waals surface area contributed by atoms with Crippen LogP contribution in [-0.2, 0) is 11.8 Å². The van der Waals surface area contributed by atoms with Crippen molar-refractivity contribution in [2.24, 2.45) is 7.05 Å². The zero-order chi connectivity index (χ0) is 18.4. The van der Waals surface area contributed by atoms with Gasteiger partial charge in [0.15, 0.2) is 5.82 Å². The van der Waals surface area contributed by atoms with Crippen LogP contribution in [0.15, 0.2) is 18.2 Å². The molecule has 0 aliphatic carbocycles. The van der Waals surface area contributed by atoms with Crippen molar-refractivity contribution in [2.75, 3.05) is 32.0 Å². The predicted octanol–water partition coefficient (Wildman–Crippen LogP) is 1.26. The van der Waals surface area contributed by atoms with Gasteiger partial charge in [0.1, 0.15) is 12.0 Å². The van der Waals surface area contributed by atoms with Gasteiger partial charge in [0, 0.05) is 31.6 Å². The largest absolute Gasteiger partial charge is 0.573 e. The average molecular weight is 359 g/mol. The quantitative estimate of drug-likeness (QED) is 0.698. The maximum atomic E-state index is 12.1. The fraction of sp³-hybridized carbons (Fsp3) is 0.467. The van der Waals surface area contributed by atoms with Crippen LogP contribution in [0.5, 0.6) is 5.75 Å². The number of halogens is 3. The number of rotatable bonds is 5. The van der Waals surface area contributed by atoms with Gasteiger partial charge in [-0.15, -0.1) is 13.2 Å². The minimum Gasteiger partial charge on any atom is -0.406 e. The third-order valence-electron chi connectivity index (χ3n) is 3.60. The van der Waals surface area contributed by atoms with Crippen LogP contribution in [0.1, 0.15) is 0 Å². The van der Waals surface area contributed by atoms with E-state index in [1.54, 1.807) is 7.05 Å². The van der Waals surface area contributed by atoms with Crippen molar-refractivity contribution in [3.63, 3.8) is 0 Å². The smallest absolute Gasteiger partial charge is 0.406 e. The molecule has 0 saturated carbocycles. The number of fused-ring (bicyclic) bond motifs is 1. The van der Waals surface area contributed by atoms with Gasteiger partial charge in [0.05, 0.1) is 12.1 Å². The first-order chi connectivity index (χ1) is 11.8. The highest BCUT2D eigenvalue weighted by molar-refractivity contribution is 5.91. The molecule has 1 aromatic carbocycles. The number of aryl methyl sites for hydroxylation is 1. The Morgan fingerprint density at radius 1 is 1.44 bits per heavy atom. The Hall–Kier alpha value is -2.33. The Morgan fingerprint density at radius 2 is 2.16 bits per heavy atom. The molecule has 1 aliphatic heterocycles. The van der Waals surface area contributed by atoms with Gasteiger partial charge in [0.25, 0.3) is 0 Å². The van der Waals surface area contributed by atoms with Crippen molar-refractivity contribution in [3.05, 3.63) is 18.2 Å². The van der Waals surface area contributed by atoms with Crippen LogP contribution in [-0.4, -0.2) is 55.2 Å². The molecule has 3 N–H and O–H groups in total. The molecule has 3 rings (SSSR count). The second kappa shape index (κ2) is 8.17. The van der Waals surface area contributed by atoms with Crippen LogP contribution < -0.4 is 20.7 Å². The van der Waals surface area contributed by atoms with Gasteiger partial charge >= 0.3 is 6.36 Å². The van der Waals surface area contributed by atoms with E-state index < -0.39 is 6.36 Å². The van der Waals surface area contributed by atoms with Crippen molar-refractivity contribution < 1.29 is 22.7 Å². The first-order valence-corrected chi connectivity index (χ1v) is 7.62. The summed E-state index contributed by atoms with van der Waals surface area (Å²) in [5.41, 5.74) is 0.628. The highest BCUT2D eigenvalue weighted by Crippen LogP contribution is 2.29. The van der Waals surface area contributed by atoms with Crippen LogP contribution in [0, 0.1) is 0 Å². The Morgan fingerprint density at radius 3 is 2.64 bits per heavy atom. The number of ether oxygens (including phenoxy) is 1. The molecule has 25 heavy (non-hydrogen) atoms. The maximum absolute atomic E-state index is 12.1. The number of likely N-dealkylation sites (N-methyl/N-ethyl adjacent to an activating group) is 1. The Kier molecular flexibility index (Phi) is 6.21. The molecule has 10 heteroatoms. The monoisotopic (exact) mass is 359 g/mol. The summed E-state index contributed by atoms with van der Waals surface area (Å²) in [4.78, 5) is 10.3. The first-order valence-electron chi connectivity index (χ1n) is 7.62. The van der Waals surface area contributed by atoms with Crippen molar-refractivity contribution in [3.8, 4) is 5.75 Å². The lowest BCUT2D eigenvalue weighted by molar-refractivity contribution is -0.274. The molecule has 7 nitrogen and oxygen atoms in total. The second-order valence-corrected chi connectivity index (χ2v) is 5.39. The van der Waals surface area contributed by atoms with Crippen LogP contribution in [0.2, 0.25) is 0 Å². The van der Waals surface area contributed by atoms with Gasteiger partial charge in [-0.2, -0.15) is 5.10 Å². The molecule has 1 aliphatic rings. The lowest BCUT2D eigenvalue weighted by Gasteiger charge is -2.25. The molecule has 1 fully saturated rings. The summed E-state index contributed by atoms with van der Waals surface area (Å²) in [6, 6.07) is 4.66. The highest BCUT2D eigenvalue weighted by Gasteiger charge is 2.31. The molecule has 0 spiro atoms. The van der Waals surface area contributed by atoms with Gasteiger partial charge in [-0.05, 0) is 25.2 Å². The van der Waals surface area contributed by atoms with E-state index in [4.69, 9.17) is 0 Å². The van der Waals surface area contributed by atoms with Gasteiger partial charge < -0.3 is 25.5 Å². The summed E-state index contributed by atoms with van der Waals surface area (Å²) < 4.78 is 41.8. The number of alkyl halides is 3. The molecule has 1 aromatic heterocycles. The van der Waals surface area contributed by atoms with E-state index in [1.807, 2.05) is 7.05 Å². The molecule has 138 valence electrons. The maximum Gasteiger partial charge on any atom is 0.573 e. The summed E-state index contributed by atoms with van der Waals surface area (Å²) in [5.74, 6) is -0.000576. The molecular formula is C15H20F3N5O2. The number of carbonyl (C=O) groups is 1. The highest BCUT2D eigenvalue weighted by atomic mass is 19.4. The number of aldehydes is 1. The van der Waals surface area contributed by atoms with Gasteiger partial charge in [-0.25, -0.2) is 0 Å². The molecule has 2 heterocycles. The van der Waals surface area contributed by atoms with Crippen molar-refractivity contribution in [1.82, 2.24) is 20.4 Å². The van der Waals surface area contributed by atoms with Crippen molar-refractivity contribution in [1.29, 1.82) is 0 Å². The lowest BCUT2D eigenvalue weighted by atomic mass is 10.2. The number of hydrogen-bond acceptors (Lipinski definition) is 6. The van der Waals surface area contributed by atoms with Crippen LogP contribution in [0.3, 0.4) is 0 Å². The summed E-state index contributed by atoms with van der Waals surface area (Å²) in [7, 11) is 3.64. The third-order valence-corrected chi connectivity index (χ3v) is 3.60. The van der Waals surface area contributed by atoms with Crippen LogP contribution in [0.25, 0.3) is 10.9 Å². The summed E-state index contributed by atoms with van der Waals surface area (Å²) in [5, 5.41) is 13.5. The van der Waals surface area contributed by atoms with Crippen molar-refractivity contribution >= 4 is 23.0 Å². The van der Waals surface area contributed by atoms with E-state index in [-0.39, 0.29) is 12.3 Å². The number of hydrogen-bond donors (Lipinski definition) is 3. The van der Waals surface area contributed by atoms with E-state index in [9.17, 15) is 18.0 Å². The zero-order valence-electron chi connectivity index (χ0n) is 13.9. The standard InChI is InChI=1S/C11H10F3N3O2.C4H10N2/c1-17-9-3-2-7(19-11(12,13)14)6-8(9)10(16-17)15-4-5-18;1-5-4-2-6-3-4/h2-3,5-6H,4H2,1H3,(H,15,16);4-6H,2-3H2,1H3. The predicted molar refractivity (Wildman–Crippen MR) is 87.7 cm³/mol. The first kappa shape index (κ1) is 19.0.